The van der Waals surface area contributed by atoms with Crippen LogP contribution in [0.15, 0.2) is 78.9 Å². The van der Waals surface area contributed by atoms with Gasteiger partial charge in [-0.15, -0.1) is 0 Å². The number of benzene rings is 4. The predicted octanol–water partition coefficient (Wildman–Crippen LogP) is 10.2. The zero-order valence-corrected chi connectivity index (χ0v) is 24.4. The van der Waals surface area contributed by atoms with Crippen molar-refractivity contribution in [2.24, 2.45) is 0 Å². The van der Waals surface area contributed by atoms with Gasteiger partial charge < -0.3 is 9.64 Å². The molecule has 0 spiro atoms. The Morgan fingerprint density at radius 3 is 2.34 bits per heavy atom. The highest BCUT2D eigenvalue weighted by molar-refractivity contribution is 6.34. The van der Waals surface area contributed by atoms with Crippen LogP contribution in [0.2, 0.25) is 10.0 Å². The first-order valence-electron chi connectivity index (χ1n) is 14.4. The van der Waals surface area contributed by atoms with Gasteiger partial charge in [-0.3, -0.25) is 4.79 Å². The van der Waals surface area contributed by atoms with E-state index in [1.807, 2.05) is 60.7 Å². The smallest absolute Gasteiger partial charge is 0.227 e. The maximum Gasteiger partial charge on any atom is 0.227 e. The number of ether oxygens (including phenoxy) is 1. The molecule has 6 rings (SSSR count). The van der Waals surface area contributed by atoms with Gasteiger partial charge >= 0.3 is 0 Å². The highest BCUT2D eigenvalue weighted by Gasteiger charge is 2.25. The highest BCUT2D eigenvalue weighted by atomic mass is 35.5. The molecule has 4 aromatic carbocycles. The molecule has 0 unspecified atom stereocenters. The number of nitrogens with zero attached hydrogens (tertiary/aromatic N) is 1. The Bertz CT molecular complexity index is 1560. The van der Waals surface area contributed by atoms with Crippen molar-refractivity contribution >= 4 is 34.8 Å². The third-order valence-corrected chi connectivity index (χ3v) is 8.88. The van der Waals surface area contributed by atoms with Crippen molar-refractivity contribution < 1.29 is 13.9 Å². The molecule has 1 saturated carbocycles. The van der Waals surface area contributed by atoms with Gasteiger partial charge in [-0.1, -0.05) is 78.9 Å². The van der Waals surface area contributed by atoms with Crippen molar-refractivity contribution in [3.8, 4) is 28.0 Å². The number of halogens is 3. The van der Waals surface area contributed by atoms with Crippen molar-refractivity contribution in [1.29, 1.82) is 0 Å². The van der Waals surface area contributed by atoms with Crippen LogP contribution in [0.4, 0.5) is 10.1 Å². The number of rotatable bonds is 7. The zero-order valence-electron chi connectivity index (χ0n) is 22.8. The minimum atomic E-state index is -0.303. The molecular weight excluding hydrogens is 556 g/mol. The summed E-state index contributed by atoms with van der Waals surface area (Å²) in [6, 6.07) is 24.6. The molecule has 0 N–H and O–H groups in total. The fourth-order valence-electron chi connectivity index (χ4n) is 6.21. The van der Waals surface area contributed by atoms with E-state index in [0.29, 0.717) is 45.9 Å². The van der Waals surface area contributed by atoms with Crippen LogP contribution in [0, 0.1) is 5.82 Å². The number of anilines is 1. The summed E-state index contributed by atoms with van der Waals surface area (Å²) in [6.07, 6.45) is 7.35. The average Bonchev–Trinajstić information content (AvgIpc) is 3.42. The Morgan fingerprint density at radius 1 is 0.829 bits per heavy atom. The Labute approximate surface area is 250 Å². The molecule has 0 radical (unpaired) electrons. The summed E-state index contributed by atoms with van der Waals surface area (Å²) < 4.78 is 21.8. The largest absolute Gasteiger partial charge is 0.489 e. The number of carbonyl (C=O) groups excluding carboxylic acids is 1. The first kappa shape index (κ1) is 27.8. The summed E-state index contributed by atoms with van der Waals surface area (Å²) in [6.45, 7) is 0.815. The van der Waals surface area contributed by atoms with E-state index < -0.39 is 0 Å². The van der Waals surface area contributed by atoms with Gasteiger partial charge in [0.25, 0.3) is 0 Å². The Morgan fingerprint density at radius 2 is 1.61 bits per heavy atom. The maximum atomic E-state index is 15.6. The maximum absolute atomic E-state index is 15.6. The number of hydrogen-bond acceptors (Lipinski definition) is 2. The molecule has 41 heavy (non-hydrogen) atoms. The summed E-state index contributed by atoms with van der Waals surface area (Å²) in [4.78, 5) is 14.2. The van der Waals surface area contributed by atoms with Gasteiger partial charge in [0.05, 0.1) is 10.7 Å². The lowest BCUT2D eigenvalue weighted by Gasteiger charge is -2.24. The molecular formula is C35H32Cl2FNO2. The summed E-state index contributed by atoms with van der Waals surface area (Å²) in [5, 5.41) is 1.14. The molecule has 0 aromatic heterocycles. The fraction of sp³-hybridized carbons (Fsp3) is 0.286. The van der Waals surface area contributed by atoms with E-state index in [0.717, 1.165) is 41.5 Å². The summed E-state index contributed by atoms with van der Waals surface area (Å²) in [7, 11) is 0. The minimum absolute atomic E-state index is 0.0594. The first-order chi connectivity index (χ1) is 20.0. The van der Waals surface area contributed by atoms with E-state index in [1.54, 1.807) is 4.90 Å². The lowest BCUT2D eigenvalue weighted by atomic mass is 9.81. The molecule has 4 aromatic rings. The van der Waals surface area contributed by atoms with Crippen molar-refractivity contribution in [3.63, 3.8) is 0 Å². The molecule has 2 fully saturated rings. The molecule has 3 nitrogen and oxygen atoms in total. The Hall–Kier alpha value is -3.34. The summed E-state index contributed by atoms with van der Waals surface area (Å²) >= 11 is 12.8. The SMILES string of the molecule is O=C1CCCN1c1cc(COc2ccc(-c3ccccc3C3CCCCC3)c(F)c2)c(-c2ccc(Cl)cc2)cc1Cl. The van der Waals surface area contributed by atoms with E-state index in [-0.39, 0.29) is 18.3 Å². The van der Waals surface area contributed by atoms with E-state index in [4.69, 9.17) is 27.9 Å². The summed E-state index contributed by atoms with van der Waals surface area (Å²) in [5.41, 5.74) is 6.12. The van der Waals surface area contributed by atoms with Crippen LogP contribution in [0.3, 0.4) is 0 Å². The van der Waals surface area contributed by atoms with Crippen LogP contribution in [-0.4, -0.2) is 12.5 Å². The van der Waals surface area contributed by atoms with Crippen molar-refractivity contribution in [1.82, 2.24) is 0 Å². The third kappa shape index (κ3) is 6.00. The Kier molecular flexibility index (Phi) is 8.32. The molecule has 1 aliphatic carbocycles. The first-order valence-corrected chi connectivity index (χ1v) is 15.1. The van der Waals surface area contributed by atoms with Gasteiger partial charge in [-0.05, 0) is 89.4 Å². The van der Waals surface area contributed by atoms with E-state index in [2.05, 4.69) is 12.1 Å². The van der Waals surface area contributed by atoms with Gasteiger partial charge in [0.2, 0.25) is 5.91 Å². The van der Waals surface area contributed by atoms with Crippen molar-refractivity contribution in [2.45, 2.75) is 57.5 Å². The van der Waals surface area contributed by atoms with Gasteiger partial charge in [-0.25, -0.2) is 4.39 Å². The molecule has 6 heteroatoms. The van der Waals surface area contributed by atoms with Gasteiger partial charge in [0.15, 0.2) is 0 Å². The number of amides is 1. The molecule has 210 valence electrons. The van der Waals surface area contributed by atoms with Crippen LogP contribution >= 0.6 is 23.2 Å². The van der Waals surface area contributed by atoms with Crippen molar-refractivity contribution in [2.75, 3.05) is 11.4 Å². The molecule has 0 atom stereocenters. The predicted molar refractivity (Wildman–Crippen MR) is 165 cm³/mol. The fourth-order valence-corrected chi connectivity index (χ4v) is 6.60. The second kappa shape index (κ2) is 12.3. The quantitative estimate of drug-likeness (QED) is 0.215. The lowest BCUT2D eigenvalue weighted by Crippen LogP contribution is -2.24. The number of hydrogen-bond donors (Lipinski definition) is 0. The second-order valence-corrected chi connectivity index (χ2v) is 11.8. The van der Waals surface area contributed by atoms with Gasteiger partial charge in [0.1, 0.15) is 18.2 Å². The molecule has 2 aliphatic rings. The minimum Gasteiger partial charge on any atom is -0.489 e. The van der Waals surface area contributed by atoms with Crippen molar-refractivity contribution in [3.05, 3.63) is 106 Å². The lowest BCUT2D eigenvalue weighted by molar-refractivity contribution is -0.117. The summed E-state index contributed by atoms with van der Waals surface area (Å²) in [5.74, 6) is 0.674. The molecule has 1 heterocycles. The molecule has 1 aliphatic heterocycles. The van der Waals surface area contributed by atoms with E-state index in [9.17, 15) is 4.79 Å². The van der Waals surface area contributed by atoms with E-state index >= 15 is 4.39 Å². The van der Waals surface area contributed by atoms with Crippen LogP contribution in [0.5, 0.6) is 5.75 Å². The molecule has 1 saturated heterocycles. The van der Waals surface area contributed by atoms with Crippen LogP contribution < -0.4 is 9.64 Å². The standard InChI is InChI=1S/C35H32Cl2FNO2/c36-26-14-12-24(13-15-26)31-21-32(37)34(39-18-6-11-35(39)40)19-25(31)22-41-27-16-17-30(33(38)20-27)29-10-5-4-9-28(29)23-7-2-1-3-8-23/h4-5,9-10,12-17,19-21,23H,1-3,6-8,11,18,22H2. The zero-order chi connectivity index (χ0) is 28.3. The second-order valence-electron chi connectivity index (χ2n) is 11.0. The van der Waals surface area contributed by atoms with Crippen LogP contribution in [0.25, 0.3) is 22.3 Å². The topological polar surface area (TPSA) is 29.5 Å². The molecule has 0 bridgehead atoms. The molecule has 1 amide bonds. The van der Waals surface area contributed by atoms with Gasteiger partial charge in [0, 0.05) is 29.6 Å². The van der Waals surface area contributed by atoms with E-state index in [1.165, 1.54) is 30.9 Å². The van der Waals surface area contributed by atoms with Crippen LogP contribution in [-0.2, 0) is 11.4 Å². The third-order valence-electron chi connectivity index (χ3n) is 8.32. The highest BCUT2D eigenvalue weighted by Crippen LogP contribution is 2.40. The van der Waals surface area contributed by atoms with Gasteiger partial charge in [-0.2, -0.15) is 0 Å². The Balaban J connectivity index is 1.29. The number of carbonyl (C=O) groups is 1. The van der Waals surface area contributed by atoms with Crippen LogP contribution in [0.1, 0.15) is 62.0 Å². The normalized spacial score (nSPS) is 15.9. The monoisotopic (exact) mass is 587 g/mol. The average molecular weight is 589 g/mol.